The van der Waals surface area contributed by atoms with Crippen molar-refractivity contribution in [1.29, 1.82) is 0 Å². The second kappa shape index (κ2) is 18.3. The molecule has 0 aliphatic heterocycles. The minimum absolute atomic E-state index is 0.0695. The average Bonchev–Trinajstić information content (AvgIpc) is 3.30. The van der Waals surface area contributed by atoms with E-state index in [1.54, 1.807) is 12.2 Å². The lowest BCUT2D eigenvalue weighted by molar-refractivity contribution is -0.264. The molecule has 3 aromatic carbocycles. The van der Waals surface area contributed by atoms with Gasteiger partial charge in [-0.2, -0.15) is 0 Å². The largest absolute Gasteiger partial charge is 0.462 e. The summed E-state index contributed by atoms with van der Waals surface area (Å²) >= 11 is 0. The molecule has 3 unspecified atom stereocenters. The van der Waals surface area contributed by atoms with Gasteiger partial charge in [0.2, 0.25) is 0 Å². The van der Waals surface area contributed by atoms with Crippen LogP contribution in [0.25, 0.3) is 12.2 Å². The van der Waals surface area contributed by atoms with Crippen molar-refractivity contribution >= 4 is 30.1 Å². The third-order valence-corrected chi connectivity index (χ3v) is 18.0. The highest BCUT2D eigenvalue weighted by Crippen LogP contribution is 2.76. The molecule has 352 valence electrons. The highest BCUT2D eigenvalue weighted by atomic mass is 16.6. The molecule has 3 N–H and O–H groups in total. The fourth-order valence-corrected chi connectivity index (χ4v) is 14.2. The standard InChI is InChI=1S/C57H70O9/c1-52(2)34-42-41-25-26-44-53(3)32-31-45(58)54(4,36-64-47(60)27-22-38-16-10-7-11-17-38)43(53)30-33-55(44,5)56(41,6)35-46(59)57(42,37-65-48(61)28-23-39-18-12-8-13-19-39)50(63)51(52)66-49(62)29-24-40-20-14-9-15-21-40/h7-23,25,27-28,42-46,50-51,58-59,63H,24,26,29-37H2,1-6H3/b27-22+,28-23+/t42?,43?,44?,45-,46+,50-,51-,53-,54+,55+,56+,57-/m0/s1. The maximum absolute atomic E-state index is 13.7. The summed E-state index contributed by atoms with van der Waals surface area (Å²) in [5, 5.41) is 37.6. The van der Waals surface area contributed by atoms with Crippen LogP contribution >= 0.6 is 0 Å². The summed E-state index contributed by atoms with van der Waals surface area (Å²) in [7, 11) is 0. The van der Waals surface area contributed by atoms with Gasteiger partial charge >= 0.3 is 17.9 Å². The summed E-state index contributed by atoms with van der Waals surface area (Å²) in [6.07, 6.45) is 9.82. The first-order valence-electron chi connectivity index (χ1n) is 24.2. The van der Waals surface area contributed by atoms with Gasteiger partial charge in [0, 0.05) is 29.4 Å². The minimum Gasteiger partial charge on any atom is -0.462 e. The highest BCUT2D eigenvalue weighted by Gasteiger charge is 2.73. The summed E-state index contributed by atoms with van der Waals surface area (Å²) in [4.78, 5) is 40.3. The van der Waals surface area contributed by atoms with Crippen molar-refractivity contribution < 1.29 is 43.9 Å². The lowest BCUT2D eigenvalue weighted by Gasteiger charge is -2.72. The fourth-order valence-electron chi connectivity index (χ4n) is 14.2. The van der Waals surface area contributed by atoms with Gasteiger partial charge in [-0.15, -0.1) is 0 Å². The van der Waals surface area contributed by atoms with E-state index in [2.05, 4.69) is 33.8 Å². The van der Waals surface area contributed by atoms with E-state index in [9.17, 15) is 29.7 Å². The van der Waals surface area contributed by atoms with E-state index in [1.165, 1.54) is 17.7 Å². The van der Waals surface area contributed by atoms with Crippen molar-refractivity contribution in [2.24, 2.45) is 50.2 Å². The van der Waals surface area contributed by atoms with Crippen LogP contribution in [0.3, 0.4) is 0 Å². The second-order valence-corrected chi connectivity index (χ2v) is 22.0. The molecule has 9 nitrogen and oxygen atoms in total. The van der Waals surface area contributed by atoms with Crippen molar-refractivity contribution in [3.8, 4) is 0 Å². The summed E-state index contributed by atoms with van der Waals surface area (Å²) in [6.45, 7) is 13.1. The van der Waals surface area contributed by atoms with Crippen molar-refractivity contribution in [3.05, 3.63) is 131 Å². The zero-order valence-electron chi connectivity index (χ0n) is 39.7. The average molecular weight is 899 g/mol. The minimum atomic E-state index is -1.36. The van der Waals surface area contributed by atoms with Gasteiger partial charge in [-0.1, -0.05) is 144 Å². The summed E-state index contributed by atoms with van der Waals surface area (Å²) in [5.41, 5.74) is 0.165. The van der Waals surface area contributed by atoms with Crippen LogP contribution in [-0.4, -0.2) is 70.9 Å². The van der Waals surface area contributed by atoms with Crippen molar-refractivity contribution in [1.82, 2.24) is 0 Å². The van der Waals surface area contributed by atoms with E-state index >= 15 is 0 Å². The molecule has 9 heteroatoms. The first-order chi connectivity index (χ1) is 31.4. The molecule has 5 aliphatic carbocycles. The van der Waals surface area contributed by atoms with Crippen LogP contribution in [-0.2, 0) is 35.0 Å². The number of rotatable bonds is 12. The number of esters is 3. The van der Waals surface area contributed by atoms with Crippen LogP contribution in [0.5, 0.6) is 0 Å². The Morgan fingerprint density at radius 3 is 1.86 bits per heavy atom. The Bertz CT molecular complexity index is 2320. The van der Waals surface area contributed by atoms with Crippen molar-refractivity contribution in [3.63, 3.8) is 0 Å². The molecule has 3 aromatic rings. The molecule has 5 aliphatic rings. The molecular weight excluding hydrogens is 829 g/mol. The van der Waals surface area contributed by atoms with Crippen molar-refractivity contribution in [2.45, 2.75) is 124 Å². The quantitative estimate of drug-likeness (QED) is 0.0702. The van der Waals surface area contributed by atoms with Gasteiger partial charge < -0.3 is 29.5 Å². The van der Waals surface area contributed by atoms with Crippen LogP contribution in [0.4, 0.5) is 0 Å². The highest BCUT2D eigenvalue weighted by molar-refractivity contribution is 5.87. The fraction of sp³-hybridized carbons (Fsp3) is 0.526. The number of ether oxygens (including phenoxy) is 3. The Morgan fingerprint density at radius 1 is 0.682 bits per heavy atom. The maximum Gasteiger partial charge on any atom is 0.330 e. The Hall–Kier alpha value is -4.83. The van der Waals surface area contributed by atoms with Crippen LogP contribution in [0.1, 0.15) is 110 Å². The number of carbonyl (C=O) groups excluding carboxylic acids is 3. The lowest BCUT2D eigenvalue weighted by atomic mass is 9.33. The van der Waals surface area contributed by atoms with Gasteiger partial charge in [-0.3, -0.25) is 4.79 Å². The number of fused-ring (bicyclic) bond motifs is 7. The zero-order chi connectivity index (χ0) is 47.1. The molecule has 4 saturated carbocycles. The topological polar surface area (TPSA) is 140 Å². The third kappa shape index (κ3) is 8.42. The van der Waals surface area contributed by atoms with Gasteiger partial charge in [-0.05, 0) is 114 Å². The Balaban J connectivity index is 1.09. The number of aryl methyl sites for hydroxylation is 1. The van der Waals surface area contributed by atoms with Gasteiger partial charge in [0.25, 0.3) is 0 Å². The van der Waals surface area contributed by atoms with Gasteiger partial charge in [0.1, 0.15) is 18.8 Å². The molecule has 0 spiro atoms. The van der Waals surface area contributed by atoms with Crippen LogP contribution in [0.15, 0.2) is 115 Å². The Morgan fingerprint density at radius 2 is 1.26 bits per heavy atom. The van der Waals surface area contributed by atoms with E-state index in [0.717, 1.165) is 42.4 Å². The Labute approximate surface area is 391 Å². The molecule has 4 fully saturated rings. The first-order valence-corrected chi connectivity index (χ1v) is 24.2. The normalized spacial score (nSPS) is 36.8. The molecule has 0 radical (unpaired) electrons. The number of benzene rings is 3. The van der Waals surface area contributed by atoms with Gasteiger partial charge in [-0.25, -0.2) is 9.59 Å². The first kappa shape index (κ1) is 47.7. The zero-order valence-corrected chi connectivity index (χ0v) is 39.7. The molecule has 12 atom stereocenters. The lowest BCUT2D eigenvalue weighted by Crippen LogP contribution is -2.72. The summed E-state index contributed by atoms with van der Waals surface area (Å²) in [6, 6.07) is 28.8. The number of hydrogen-bond donors (Lipinski definition) is 3. The summed E-state index contributed by atoms with van der Waals surface area (Å²) in [5.74, 6) is -1.60. The predicted octanol–water partition coefficient (Wildman–Crippen LogP) is 9.74. The number of hydrogen-bond acceptors (Lipinski definition) is 9. The molecule has 0 bridgehead atoms. The number of allylic oxidation sites excluding steroid dienone is 2. The molecule has 8 rings (SSSR count). The molecular formula is C57H70O9. The summed E-state index contributed by atoms with van der Waals surface area (Å²) < 4.78 is 18.3. The molecule has 0 amide bonds. The molecule has 0 aromatic heterocycles. The SMILES string of the molecule is CC1(C)CC2C3=CCC4[C@@]5(C)CC[C@H](O)[C@](C)(COC(=O)/C=C/c6ccccc6)C5CC[C@@]4(C)[C@]3(C)C[C@@H](O)[C@@]2(COC(=O)/C=C/c2ccccc2)[C@@H](O)[C@@H]1OC(=O)CCc1ccccc1. The van der Waals surface area contributed by atoms with Gasteiger partial charge in [0.15, 0.2) is 0 Å². The van der Waals surface area contributed by atoms with E-state index in [0.29, 0.717) is 25.7 Å². The smallest absolute Gasteiger partial charge is 0.330 e. The number of carbonyl (C=O) groups is 3. The van der Waals surface area contributed by atoms with Crippen LogP contribution in [0, 0.1) is 50.2 Å². The number of aliphatic hydroxyl groups is 3. The third-order valence-electron chi connectivity index (χ3n) is 18.0. The van der Waals surface area contributed by atoms with Crippen LogP contribution in [0.2, 0.25) is 0 Å². The predicted molar refractivity (Wildman–Crippen MR) is 255 cm³/mol. The molecule has 66 heavy (non-hydrogen) atoms. The van der Waals surface area contributed by atoms with E-state index in [4.69, 9.17) is 14.2 Å². The second-order valence-electron chi connectivity index (χ2n) is 22.0. The van der Waals surface area contributed by atoms with Crippen molar-refractivity contribution in [2.75, 3.05) is 13.2 Å². The maximum atomic E-state index is 13.7. The van der Waals surface area contributed by atoms with E-state index in [1.807, 2.05) is 105 Å². The molecule has 0 saturated heterocycles. The Kier molecular flexibility index (Phi) is 13.2. The van der Waals surface area contributed by atoms with Crippen LogP contribution < -0.4 is 0 Å². The van der Waals surface area contributed by atoms with Gasteiger partial charge in [0.05, 0.1) is 24.2 Å². The number of aliphatic hydroxyl groups excluding tert-OH is 3. The molecule has 0 heterocycles. The van der Waals surface area contributed by atoms with E-state index < -0.39 is 69.9 Å². The monoisotopic (exact) mass is 899 g/mol. The van der Waals surface area contributed by atoms with E-state index in [-0.39, 0.29) is 42.3 Å².